The van der Waals surface area contributed by atoms with E-state index in [0.717, 1.165) is 43.3 Å². The van der Waals surface area contributed by atoms with E-state index in [1.165, 1.54) is 6.07 Å². The van der Waals surface area contributed by atoms with Crippen LogP contribution in [0.4, 0.5) is 8.78 Å². The monoisotopic (exact) mass is 382 g/mol. The Hall–Kier alpha value is -3.29. The van der Waals surface area contributed by atoms with Crippen LogP contribution in [0.3, 0.4) is 0 Å². The number of rotatable bonds is 3. The number of aromatic amines is 1. The predicted octanol–water partition coefficient (Wildman–Crippen LogP) is 4.44. The van der Waals surface area contributed by atoms with Crippen LogP contribution < -0.4 is 5.69 Å². The molecule has 2 heterocycles. The largest absolute Gasteiger partial charge is 0.334 e. The number of hydrogen-bond donors (Lipinski definition) is 1. The molecule has 0 atom stereocenters. The van der Waals surface area contributed by atoms with Crippen LogP contribution in [0.2, 0.25) is 0 Å². The highest BCUT2D eigenvalue weighted by Crippen LogP contribution is 2.32. The summed E-state index contributed by atoms with van der Waals surface area (Å²) < 4.78 is 33.6. The Morgan fingerprint density at radius 1 is 1.04 bits per heavy atom. The lowest BCUT2D eigenvalue weighted by molar-refractivity contribution is 0.431. The van der Waals surface area contributed by atoms with Gasteiger partial charge in [-0.25, -0.2) is 13.6 Å². The molecule has 28 heavy (non-hydrogen) atoms. The molecule has 1 fully saturated rings. The highest BCUT2D eigenvalue weighted by atomic mass is 19.2. The van der Waals surface area contributed by atoms with Crippen molar-refractivity contribution >= 4 is 11.0 Å². The standard InChI is InChI=1S/C20H16F2N4O2/c21-14-7-5-12(9-15(14)22)19-24-18(25-28-19)11-6-8-17-16(10-11)23-20(27)26(17)13-3-1-2-4-13/h5-10,13H,1-4H2,(H,23,27). The fourth-order valence-electron chi connectivity index (χ4n) is 3.88. The molecule has 0 spiro atoms. The average Bonchev–Trinajstić information content (AvgIpc) is 3.41. The molecule has 1 saturated carbocycles. The molecule has 0 radical (unpaired) electrons. The van der Waals surface area contributed by atoms with Crippen molar-refractivity contribution in [2.75, 3.05) is 0 Å². The molecule has 4 aromatic rings. The van der Waals surface area contributed by atoms with Gasteiger partial charge >= 0.3 is 5.69 Å². The molecule has 1 aliphatic carbocycles. The summed E-state index contributed by atoms with van der Waals surface area (Å²) in [6, 6.07) is 9.11. The number of imidazole rings is 1. The number of nitrogens with one attached hydrogen (secondary N) is 1. The maximum Gasteiger partial charge on any atom is 0.326 e. The maximum atomic E-state index is 13.4. The van der Waals surface area contributed by atoms with E-state index < -0.39 is 11.6 Å². The fourth-order valence-corrected chi connectivity index (χ4v) is 3.88. The van der Waals surface area contributed by atoms with Gasteiger partial charge in [-0.05, 0) is 49.2 Å². The van der Waals surface area contributed by atoms with E-state index in [1.807, 2.05) is 16.7 Å². The van der Waals surface area contributed by atoms with Crippen molar-refractivity contribution in [2.24, 2.45) is 0 Å². The van der Waals surface area contributed by atoms with E-state index >= 15 is 0 Å². The molecule has 2 aromatic carbocycles. The van der Waals surface area contributed by atoms with Gasteiger partial charge in [0.05, 0.1) is 11.0 Å². The number of aromatic nitrogens is 4. The predicted molar refractivity (Wildman–Crippen MR) is 98.7 cm³/mol. The second-order valence-corrected chi connectivity index (χ2v) is 7.02. The van der Waals surface area contributed by atoms with Crippen LogP contribution in [0.15, 0.2) is 45.7 Å². The van der Waals surface area contributed by atoms with Gasteiger partial charge in [-0.15, -0.1) is 0 Å². The molecule has 6 nitrogen and oxygen atoms in total. The summed E-state index contributed by atoms with van der Waals surface area (Å²) >= 11 is 0. The number of hydrogen-bond acceptors (Lipinski definition) is 4. The van der Waals surface area contributed by atoms with E-state index in [9.17, 15) is 13.6 Å². The third-order valence-corrected chi connectivity index (χ3v) is 5.26. The van der Waals surface area contributed by atoms with Crippen LogP contribution in [0.1, 0.15) is 31.7 Å². The number of halogens is 2. The number of nitrogens with zero attached hydrogens (tertiary/aromatic N) is 3. The van der Waals surface area contributed by atoms with E-state index in [4.69, 9.17) is 4.52 Å². The first kappa shape index (κ1) is 16.9. The second kappa shape index (κ2) is 6.40. The zero-order valence-corrected chi connectivity index (χ0v) is 14.8. The summed E-state index contributed by atoms with van der Waals surface area (Å²) in [6.45, 7) is 0. The first-order valence-corrected chi connectivity index (χ1v) is 9.14. The van der Waals surface area contributed by atoms with Crippen molar-refractivity contribution in [3.8, 4) is 22.8 Å². The zero-order chi connectivity index (χ0) is 19.3. The van der Waals surface area contributed by atoms with Crippen molar-refractivity contribution in [1.82, 2.24) is 19.7 Å². The minimum atomic E-state index is -0.982. The van der Waals surface area contributed by atoms with Gasteiger partial charge in [0.25, 0.3) is 5.89 Å². The lowest BCUT2D eigenvalue weighted by atomic mass is 10.1. The number of H-pyrrole nitrogens is 1. The summed E-state index contributed by atoms with van der Waals surface area (Å²) in [7, 11) is 0. The van der Waals surface area contributed by atoms with Gasteiger partial charge in [0, 0.05) is 17.2 Å². The first-order chi connectivity index (χ1) is 13.6. The van der Waals surface area contributed by atoms with Gasteiger partial charge < -0.3 is 9.51 Å². The summed E-state index contributed by atoms with van der Waals surface area (Å²) in [5, 5.41) is 3.93. The van der Waals surface area contributed by atoms with Gasteiger partial charge in [-0.1, -0.05) is 18.0 Å². The first-order valence-electron chi connectivity index (χ1n) is 9.14. The highest BCUT2D eigenvalue weighted by Gasteiger charge is 2.21. The van der Waals surface area contributed by atoms with E-state index in [0.29, 0.717) is 22.5 Å². The molecular formula is C20H16F2N4O2. The Morgan fingerprint density at radius 2 is 1.82 bits per heavy atom. The fraction of sp³-hybridized carbons (Fsp3) is 0.250. The Kier molecular flexibility index (Phi) is 3.85. The number of fused-ring (bicyclic) bond motifs is 1. The molecule has 1 aliphatic rings. The highest BCUT2D eigenvalue weighted by molar-refractivity contribution is 5.81. The summed E-state index contributed by atoms with van der Waals surface area (Å²) in [5.74, 6) is -1.53. The third-order valence-electron chi connectivity index (χ3n) is 5.26. The van der Waals surface area contributed by atoms with Crippen molar-refractivity contribution < 1.29 is 13.3 Å². The summed E-state index contributed by atoms with van der Waals surface area (Å²) in [5.41, 5.74) is 2.39. The molecule has 8 heteroatoms. The van der Waals surface area contributed by atoms with Gasteiger partial charge in [0.15, 0.2) is 11.6 Å². The van der Waals surface area contributed by atoms with Gasteiger partial charge in [0.2, 0.25) is 5.82 Å². The molecule has 0 unspecified atom stereocenters. The summed E-state index contributed by atoms with van der Waals surface area (Å²) in [6.07, 6.45) is 4.29. The molecule has 2 aromatic heterocycles. The minimum absolute atomic E-state index is 0.0889. The normalized spacial score (nSPS) is 14.9. The lowest BCUT2D eigenvalue weighted by Gasteiger charge is -2.11. The van der Waals surface area contributed by atoms with Crippen molar-refractivity contribution in [3.63, 3.8) is 0 Å². The van der Waals surface area contributed by atoms with Crippen molar-refractivity contribution in [1.29, 1.82) is 0 Å². The maximum absolute atomic E-state index is 13.4. The molecule has 0 aliphatic heterocycles. The Balaban J connectivity index is 1.52. The van der Waals surface area contributed by atoms with Gasteiger partial charge in [-0.2, -0.15) is 4.98 Å². The van der Waals surface area contributed by atoms with Gasteiger partial charge in [-0.3, -0.25) is 4.57 Å². The van der Waals surface area contributed by atoms with Crippen LogP contribution in [0.25, 0.3) is 33.9 Å². The zero-order valence-electron chi connectivity index (χ0n) is 14.8. The molecule has 0 bridgehead atoms. The SMILES string of the molecule is O=c1[nH]c2cc(-c3noc(-c4ccc(F)c(F)c4)n3)ccc2n1C1CCCC1. The molecule has 5 rings (SSSR count). The molecule has 142 valence electrons. The van der Waals surface area contributed by atoms with Crippen LogP contribution in [0, 0.1) is 11.6 Å². The van der Waals surface area contributed by atoms with Crippen LogP contribution in [0.5, 0.6) is 0 Å². The lowest BCUT2D eigenvalue weighted by Crippen LogP contribution is -2.20. The van der Waals surface area contributed by atoms with Gasteiger partial charge in [0.1, 0.15) is 0 Å². The van der Waals surface area contributed by atoms with E-state index in [2.05, 4.69) is 15.1 Å². The smallest absolute Gasteiger partial charge is 0.326 e. The Bertz CT molecular complexity index is 1230. The minimum Gasteiger partial charge on any atom is -0.334 e. The molecule has 0 amide bonds. The number of benzene rings is 2. The van der Waals surface area contributed by atoms with E-state index in [1.54, 1.807) is 6.07 Å². The van der Waals surface area contributed by atoms with Crippen molar-refractivity contribution in [2.45, 2.75) is 31.7 Å². The van der Waals surface area contributed by atoms with E-state index in [-0.39, 0.29) is 17.6 Å². The third kappa shape index (κ3) is 2.72. The molecule has 1 N–H and O–H groups in total. The summed E-state index contributed by atoms with van der Waals surface area (Å²) in [4.78, 5) is 19.6. The molecule has 0 saturated heterocycles. The van der Waals surface area contributed by atoms with Crippen LogP contribution in [-0.4, -0.2) is 19.7 Å². The topological polar surface area (TPSA) is 76.7 Å². The Morgan fingerprint density at radius 3 is 2.61 bits per heavy atom. The Labute approximate surface area is 157 Å². The van der Waals surface area contributed by atoms with Crippen molar-refractivity contribution in [3.05, 3.63) is 58.5 Å². The second-order valence-electron chi connectivity index (χ2n) is 7.02. The van der Waals surface area contributed by atoms with Crippen LogP contribution >= 0.6 is 0 Å². The van der Waals surface area contributed by atoms with Crippen LogP contribution in [-0.2, 0) is 0 Å². The molecular weight excluding hydrogens is 366 g/mol. The quantitative estimate of drug-likeness (QED) is 0.568. The average molecular weight is 382 g/mol.